The third-order valence-corrected chi connectivity index (χ3v) is 3.05. The highest BCUT2D eigenvalue weighted by molar-refractivity contribution is 6.31. The quantitative estimate of drug-likeness (QED) is 0.739. The molecule has 0 spiro atoms. The van der Waals surface area contributed by atoms with E-state index in [1.807, 2.05) is 0 Å². The summed E-state index contributed by atoms with van der Waals surface area (Å²) in [7, 11) is 0. The maximum atomic E-state index is 13.3. The molecular formula is C13H8ClF2N5. The van der Waals surface area contributed by atoms with Crippen LogP contribution in [0.15, 0.2) is 36.4 Å². The van der Waals surface area contributed by atoms with Crippen molar-refractivity contribution in [2.75, 3.05) is 5.73 Å². The Hall–Kier alpha value is -2.54. The van der Waals surface area contributed by atoms with Crippen molar-refractivity contribution in [2.24, 2.45) is 0 Å². The molecule has 0 saturated heterocycles. The Morgan fingerprint density at radius 3 is 2.48 bits per heavy atom. The summed E-state index contributed by atoms with van der Waals surface area (Å²) in [5.74, 6) is -1.23. The summed E-state index contributed by atoms with van der Waals surface area (Å²) in [6.07, 6.45) is 0. The molecule has 8 heteroatoms. The number of anilines is 1. The molecule has 0 aliphatic heterocycles. The number of benzene rings is 2. The third-order valence-electron chi connectivity index (χ3n) is 2.82. The normalized spacial score (nSPS) is 10.8. The van der Waals surface area contributed by atoms with Gasteiger partial charge in [0, 0.05) is 22.3 Å². The third kappa shape index (κ3) is 2.55. The first-order chi connectivity index (χ1) is 10.0. The molecular weight excluding hydrogens is 300 g/mol. The van der Waals surface area contributed by atoms with Crippen molar-refractivity contribution in [1.29, 1.82) is 0 Å². The van der Waals surface area contributed by atoms with Crippen molar-refractivity contribution >= 4 is 17.3 Å². The van der Waals surface area contributed by atoms with E-state index in [0.717, 1.165) is 18.2 Å². The molecule has 0 bridgehead atoms. The van der Waals surface area contributed by atoms with E-state index in [-0.39, 0.29) is 11.5 Å². The van der Waals surface area contributed by atoms with Crippen LogP contribution in [-0.2, 0) is 0 Å². The van der Waals surface area contributed by atoms with Crippen LogP contribution in [-0.4, -0.2) is 20.2 Å². The number of nitrogens with two attached hydrogens (primary N) is 1. The molecule has 5 nitrogen and oxygen atoms in total. The van der Waals surface area contributed by atoms with Crippen molar-refractivity contribution in [2.45, 2.75) is 0 Å². The molecule has 0 radical (unpaired) electrons. The van der Waals surface area contributed by atoms with E-state index in [1.54, 1.807) is 18.2 Å². The Bertz CT molecular complexity index is 798. The first-order valence-electron chi connectivity index (χ1n) is 5.85. The summed E-state index contributed by atoms with van der Waals surface area (Å²) in [6.45, 7) is 0. The van der Waals surface area contributed by atoms with Gasteiger partial charge in [0.15, 0.2) is 5.82 Å². The number of hydrogen-bond donors (Lipinski definition) is 1. The molecule has 0 aliphatic carbocycles. The van der Waals surface area contributed by atoms with E-state index in [9.17, 15) is 8.78 Å². The first kappa shape index (κ1) is 13.4. The minimum Gasteiger partial charge on any atom is -0.398 e. The average Bonchev–Trinajstić information content (AvgIpc) is 2.89. The molecule has 21 heavy (non-hydrogen) atoms. The van der Waals surface area contributed by atoms with Crippen LogP contribution in [0.4, 0.5) is 14.5 Å². The molecule has 2 N–H and O–H groups in total. The number of halogens is 3. The van der Waals surface area contributed by atoms with E-state index in [0.29, 0.717) is 16.3 Å². The second-order valence-corrected chi connectivity index (χ2v) is 4.71. The molecule has 106 valence electrons. The van der Waals surface area contributed by atoms with Gasteiger partial charge >= 0.3 is 0 Å². The Balaban J connectivity index is 2.19. The standard InChI is InChI=1S/C13H8ClF2N5/c14-7-1-2-12(17)11(3-7)13-18-19-20-21(13)10-5-8(15)4-9(16)6-10/h1-6H,17H2. The minimum absolute atomic E-state index is 0.145. The van der Waals surface area contributed by atoms with Crippen LogP contribution >= 0.6 is 11.6 Å². The number of hydrogen-bond acceptors (Lipinski definition) is 4. The van der Waals surface area contributed by atoms with Crippen molar-refractivity contribution in [3.05, 3.63) is 53.1 Å². The van der Waals surface area contributed by atoms with E-state index in [4.69, 9.17) is 17.3 Å². The van der Waals surface area contributed by atoms with E-state index < -0.39 is 11.6 Å². The highest BCUT2D eigenvalue weighted by Gasteiger charge is 2.15. The molecule has 1 aromatic heterocycles. The van der Waals surface area contributed by atoms with Crippen LogP contribution in [0.25, 0.3) is 17.1 Å². The summed E-state index contributed by atoms with van der Waals surface area (Å²) >= 11 is 5.93. The van der Waals surface area contributed by atoms with Crippen LogP contribution in [0.3, 0.4) is 0 Å². The SMILES string of the molecule is Nc1ccc(Cl)cc1-c1nnnn1-c1cc(F)cc(F)c1. The van der Waals surface area contributed by atoms with Gasteiger partial charge in [-0.25, -0.2) is 8.78 Å². The topological polar surface area (TPSA) is 69.6 Å². The highest BCUT2D eigenvalue weighted by Crippen LogP contribution is 2.28. The molecule has 0 aliphatic rings. The lowest BCUT2D eigenvalue weighted by molar-refractivity contribution is 0.579. The summed E-state index contributed by atoms with van der Waals surface area (Å²) in [5.41, 5.74) is 6.88. The van der Waals surface area contributed by atoms with Crippen LogP contribution < -0.4 is 5.73 Å². The molecule has 0 saturated carbocycles. The molecule has 2 aromatic carbocycles. The average molecular weight is 308 g/mol. The fraction of sp³-hybridized carbons (Fsp3) is 0. The Labute approximate surface area is 123 Å². The summed E-state index contributed by atoms with van der Waals surface area (Å²) in [5, 5.41) is 11.5. The molecule has 3 aromatic rings. The van der Waals surface area contributed by atoms with E-state index in [2.05, 4.69) is 15.5 Å². The van der Waals surface area contributed by atoms with Crippen molar-refractivity contribution in [3.63, 3.8) is 0 Å². The van der Waals surface area contributed by atoms with Gasteiger partial charge in [0.05, 0.1) is 5.69 Å². The van der Waals surface area contributed by atoms with Gasteiger partial charge in [-0.3, -0.25) is 0 Å². The van der Waals surface area contributed by atoms with Crippen LogP contribution in [0.2, 0.25) is 5.02 Å². The molecule has 1 heterocycles. The van der Waals surface area contributed by atoms with Gasteiger partial charge in [0.25, 0.3) is 0 Å². The minimum atomic E-state index is -0.731. The van der Waals surface area contributed by atoms with Crippen LogP contribution in [0, 0.1) is 11.6 Å². The number of rotatable bonds is 2. The van der Waals surface area contributed by atoms with Crippen molar-refractivity contribution in [1.82, 2.24) is 20.2 Å². The molecule has 0 unspecified atom stereocenters. The van der Waals surface area contributed by atoms with Gasteiger partial charge in [0.1, 0.15) is 11.6 Å². The first-order valence-corrected chi connectivity index (χ1v) is 6.22. The van der Waals surface area contributed by atoms with Gasteiger partial charge in [-0.2, -0.15) is 4.68 Å². The lowest BCUT2D eigenvalue weighted by Gasteiger charge is -2.07. The smallest absolute Gasteiger partial charge is 0.189 e. The zero-order chi connectivity index (χ0) is 15.0. The van der Waals surface area contributed by atoms with Gasteiger partial charge in [-0.15, -0.1) is 5.10 Å². The second kappa shape index (κ2) is 5.10. The fourth-order valence-electron chi connectivity index (χ4n) is 1.91. The largest absolute Gasteiger partial charge is 0.398 e. The fourth-order valence-corrected chi connectivity index (χ4v) is 2.08. The molecule has 3 rings (SSSR count). The van der Waals surface area contributed by atoms with Crippen molar-refractivity contribution in [3.8, 4) is 17.1 Å². The monoisotopic (exact) mass is 307 g/mol. The van der Waals surface area contributed by atoms with Gasteiger partial charge in [-0.05, 0) is 40.8 Å². The molecule has 0 amide bonds. The summed E-state index contributed by atoms with van der Waals surface area (Å²) in [4.78, 5) is 0. The lowest BCUT2D eigenvalue weighted by Crippen LogP contribution is -2.03. The summed E-state index contributed by atoms with van der Waals surface area (Å²) in [6, 6.07) is 7.79. The number of tetrazole rings is 1. The number of nitrogen functional groups attached to an aromatic ring is 1. The zero-order valence-electron chi connectivity index (χ0n) is 10.5. The van der Waals surface area contributed by atoms with E-state index in [1.165, 1.54) is 4.68 Å². The predicted molar refractivity (Wildman–Crippen MR) is 73.9 cm³/mol. The van der Waals surface area contributed by atoms with Crippen molar-refractivity contribution < 1.29 is 8.78 Å². The zero-order valence-corrected chi connectivity index (χ0v) is 11.2. The Morgan fingerprint density at radius 2 is 1.76 bits per heavy atom. The maximum absolute atomic E-state index is 13.3. The number of aromatic nitrogens is 4. The maximum Gasteiger partial charge on any atom is 0.189 e. The summed E-state index contributed by atoms with van der Waals surface area (Å²) < 4.78 is 27.8. The van der Waals surface area contributed by atoms with Crippen LogP contribution in [0.1, 0.15) is 0 Å². The highest BCUT2D eigenvalue weighted by atomic mass is 35.5. The van der Waals surface area contributed by atoms with E-state index >= 15 is 0 Å². The Morgan fingerprint density at radius 1 is 1.05 bits per heavy atom. The van der Waals surface area contributed by atoms with Gasteiger partial charge < -0.3 is 5.73 Å². The predicted octanol–water partition coefficient (Wildman–Crippen LogP) is 2.84. The molecule has 0 atom stereocenters. The Kier molecular flexibility index (Phi) is 3.26. The second-order valence-electron chi connectivity index (χ2n) is 4.27. The molecule has 0 fully saturated rings. The van der Waals surface area contributed by atoms with Gasteiger partial charge in [-0.1, -0.05) is 11.6 Å². The van der Waals surface area contributed by atoms with Crippen LogP contribution in [0.5, 0.6) is 0 Å². The van der Waals surface area contributed by atoms with Gasteiger partial charge in [0.2, 0.25) is 0 Å². The lowest BCUT2D eigenvalue weighted by atomic mass is 10.1. The number of nitrogens with zero attached hydrogens (tertiary/aromatic N) is 4.